The molecule has 0 spiro atoms. The second-order valence-corrected chi connectivity index (χ2v) is 3.92. The molecule has 88 valence electrons. The van der Waals surface area contributed by atoms with Crippen LogP contribution in [0.5, 0.6) is 0 Å². The first-order chi connectivity index (χ1) is 8.88. The summed E-state index contributed by atoms with van der Waals surface area (Å²) in [5, 5.41) is 4.02. The van der Waals surface area contributed by atoms with Crippen LogP contribution in [0, 0.1) is 0 Å². The van der Waals surface area contributed by atoms with Gasteiger partial charge in [0.2, 0.25) is 0 Å². The molecule has 0 fully saturated rings. The smallest absolute Gasteiger partial charge is 0.154 e. The number of H-pyrrole nitrogens is 1. The van der Waals surface area contributed by atoms with E-state index in [0.29, 0.717) is 17.2 Å². The Bertz CT molecular complexity index is 689. The van der Waals surface area contributed by atoms with Crippen molar-refractivity contribution in [3.63, 3.8) is 0 Å². The summed E-state index contributed by atoms with van der Waals surface area (Å²) in [5.41, 5.74) is 1.55. The first kappa shape index (κ1) is 10.5. The summed E-state index contributed by atoms with van der Waals surface area (Å²) in [5.74, 6) is 1.37. The van der Waals surface area contributed by atoms with Crippen molar-refractivity contribution in [3.8, 4) is 0 Å². The minimum Gasteiger partial charge on any atom is -0.341 e. The lowest BCUT2D eigenvalue weighted by atomic mass is 10.2. The Balaban J connectivity index is 2.09. The number of fused-ring (bicyclic) bond motifs is 1. The van der Waals surface area contributed by atoms with Gasteiger partial charge in [-0.2, -0.15) is 0 Å². The molecule has 4 nitrogen and oxygen atoms in total. The van der Waals surface area contributed by atoms with Crippen LogP contribution in [0.4, 0.5) is 11.6 Å². The number of nitrogens with one attached hydrogen (secondary N) is 2. The molecule has 2 aromatic heterocycles. The maximum atomic E-state index is 11.2. The summed E-state index contributed by atoms with van der Waals surface area (Å²) in [7, 11) is 0. The SMILES string of the molecule is O=Cc1c(Nc2ccccn2)[nH]c2ccccc12. The van der Waals surface area contributed by atoms with Crippen molar-refractivity contribution < 1.29 is 4.79 Å². The van der Waals surface area contributed by atoms with Gasteiger partial charge in [0, 0.05) is 17.1 Å². The highest BCUT2D eigenvalue weighted by Gasteiger charge is 2.10. The molecule has 4 heteroatoms. The van der Waals surface area contributed by atoms with Gasteiger partial charge in [0.15, 0.2) is 6.29 Å². The minimum absolute atomic E-state index is 0.622. The van der Waals surface area contributed by atoms with E-state index < -0.39 is 0 Å². The van der Waals surface area contributed by atoms with Gasteiger partial charge in [-0.3, -0.25) is 4.79 Å². The molecule has 0 radical (unpaired) electrons. The third-order valence-corrected chi connectivity index (χ3v) is 2.78. The lowest BCUT2D eigenvalue weighted by Gasteiger charge is -2.02. The highest BCUT2D eigenvalue weighted by molar-refractivity contribution is 6.03. The van der Waals surface area contributed by atoms with Gasteiger partial charge in [0.25, 0.3) is 0 Å². The van der Waals surface area contributed by atoms with Crippen LogP contribution in [-0.2, 0) is 0 Å². The van der Waals surface area contributed by atoms with Gasteiger partial charge < -0.3 is 10.3 Å². The molecule has 0 aliphatic heterocycles. The van der Waals surface area contributed by atoms with E-state index in [0.717, 1.165) is 17.2 Å². The maximum absolute atomic E-state index is 11.2. The standard InChI is InChI=1S/C14H11N3O/c18-9-11-10-5-1-2-6-12(10)16-14(11)17-13-7-3-4-8-15-13/h1-9,16H,(H,15,17). The fourth-order valence-electron chi connectivity index (χ4n) is 1.95. The molecule has 0 amide bonds. The molecule has 2 heterocycles. The fraction of sp³-hybridized carbons (Fsp3) is 0. The van der Waals surface area contributed by atoms with E-state index in [4.69, 9.17) is 0 Å². The number of pyridine rings is 1. The Morgan fingerprint density at radius 1 is 1.11 bits per heavy atom. The number of hydrogen-bond acceptors (Lipinski definition) is 3. The third-order valence-electron chi connectivity index (χ3n) is 2.78. The zero-order valence-corrected chi connectivity index (χ0v) is 9.55. The van der Waals surface area contributed by atoms with E-state index in [9.17, 15) is 4.79 Å². The number of aromatic nitrogens is 2. The average molecular weight is 237 g/mol. The highest BCUT2D eigenvalue weighted by Crippen LogP contribution is 2.26. The van der Waals surface area contributed by atoms with Gasteiger partial charge in [0.1, 0.15) is 11.6 Å². The zero-order chi connectivity index (χ0) is 12.4. The molecule has 0 bridgehead atoms. The van der Waals surface area contributed by atoms with Crippen molar-refractivity contribution in [1.82, 2.24) is 9.97 Å². The number of rotatable bonds is 3. The van der Waals surface area contributed by atoms with E-state index in [2.05, 4.69) is 15.3 Å². The topological polar surface area (TPSA) is 57.8 Å². The Kier molecular flexibility index (Phi) is 2.53. The second kappa shape index (κ2) is 4.33. The molecule has 18 heavy (non-hydrogen) atoms. The van der Waals surface area contributed by atoms with Gasteiger partial charge in [-0.05, 0) is 18.2 Å². The molecule has 0 aliphatic carbocycles. The summed E-state index contributed by atoms with van der Waals surface area (Å²) in [4.78, 5) is 18.6. The van der Waals surface area contributed by atoms with Crippen molar-refractivity contribution in [3.05, 3.63) is 54.2 Å². The maximum Gasteiger partial charge on any atom is 0.154 e. The van der Waals surface area contributed by atoms with Gasteiger partial charge >= 0.3 is 0 Å². The number of para-hydroxylation sites is 1. The Labute approximate surface area is 104 Å². The summed E-state index contributed by atoms with van der Waals surface area (Å²) >= 11 is 0. The Hall–Kier alpha value is -2.62. The quantitative estimate of drug-likeness (QED) is 0.688. The molecular formula is C14H11N3O. The van der Waals surface area contributed by atoms with Crippen LogP contribution in [0.15, 0.2) is 48.7 Å². The number of aldehydes is 1. The van der Waals surface area contributed by atoms with Crippen LogP contribution in [0.1, 0.15) is 10.4 Å². The fourth-order valence-corrected chi connectivity index (χ4v) is 1.95. The molecule has 3 rings (SSSR count). The van der Waals surface area contributed by atoms with E-state index >= 15 is 0 Å². The predicted octanol–water partition coefficient (Wildman–Crippen LogP) is 3.12. The number of nitrogens with zero attached hydrogens (tertiary/aromatic N) is 1. The Morgan fingerprint density at radius 3 is 2.72 bits per heavy atom. The lowest BCUT2D eigenvalue weighted by Crippen LogP contribution is -1.95. The largest absolute Gasteiger partial charge is 0.341 e. The molecule has 0 unspecified atom stereocenters. The van der Waals surface area contributed by atoms with Crippen LogP contribution in [0.25, 0.3) is 10.9 Å². The van der Waals surface area contributed by atoms with E-state index in [1.807, 2.05) is 42.5 Å². The minimum atomic E-state index is 0.622. The van der Waals surface area contributed by atoms with Crippen molar-refractivity contribution in [2.45, 2.75) is 0 Å². The molecule has 0 aliphatic rings. The van der Waals surface area contributed by atoms with Crippen molar-refractivity contribution in [2.24, 2.45) is 0 Å². The van der Waals surface area contributed by atoms with Gasteiger partial charge in [-0.1, -0.05) is 24.3 Å². The molecule has 0 saturated carbocycles. The lowest BCUT2D eigenvalue weighted by molar-refractivity contribution is 0.112. The van der Waals surface area contributed by atoms with Gasteiger partial charge in [-0.15, -0.1) is 0 Å². The Morgan fingerprint density at radius 2 is 1.94 bits per heavy atom. The monoisotopic (exact) mass is 237 g/mol. The predicted molar refractivity (Wildman–Crippen MR) is 71.2 cm³/mol. The number of benzene rings is 1. The van der Waals surface area contributed by atoms with Gasteiger partial charge in [0.05, 0.1) is 5.56 Å². The summed E-state index contributed by atoms with van der Waals surface area (Å²) < 4.78 is 0. The van der Waals surface area contributed by atoms with E-state index in [1.54, 1.807) is 6.20 Å². The number of hydrogen-bond donors (Lipinski definition) is 2. The molecule has 1 aromatic carbocycles. The number of carbonyl (C=O) groups excluding carboxylic acids is 1. The number of aromatic amines is 1. The molecule has 2 N–H and O–H groups in total. The van der Waals surface area contributed by atoms with Crippen LogP contribution in [0.3, 0.4) is 0 Å². The molecule has 0 saturated heterocycles. The second-order valence-electron chi connectivity index (χ2n) is 3.92. The van der Waals surface area contributed by atoms with Crippen LogP contribution >= 0.6 is 0 Å². The average Bonchev–Trinajstić information content (AvgIpc) is 2.77. The molecule has 3 aromatic rings. The van der Waals surface area contributed by atoms with E-state index in [-0.39, 0.29) is 0 Å². The summed E-state index contributed by atoms with van der Waals surface area (Å²) in [6, 6.07) is 13.3. The van der Waals surface area contributed by atoms with Crippen molar-refractivity contribution in [2.75, 3.05) is 5.32 Å². The first-order valence-corrected chi connectivity index (χ1v) is 5.62. The first-order valence-electron chi connectivity index (χ1n) is 5.62. The summed E-state index contributed by atoms with van der Waals surface area (Å²) in [6.45, 7) is 0. The van der Waals surface area contributed by atoms with Gasteiger partial charge in [-0.25, -0.2) is 4.98 Å². The zero-order valence-electron chi connectivity index (χ0n) is 9.55. The highest BCUT2D eigenvalue weighted by atomic mass is 16.1. The third kappa shape index (κ3) is 1.73. The van der Waals surface area contributed by atoms with Crippen LogP contribution in [-0.4, -0.2) is 16.3 Å². The molecule has 0 atom stereocenters. The van der Waals surface area contributed by atoms with E-state index in [1.165, 1.54) is 0 Å². The van der Waals surface area contributed by atoms with Crippen LogP contribution < -0.4 is 5.32 Å². The van der Waals surface area contributed by atoms with Crippen molar-refractivity contribution >= 4 is 28.8 Å². The molecular weight excluding hydrogens is 226 g/mol. The summed E-state index contributed by atoms with van der Waals surface area (Å²) in [6.07, 6.45) is 2.55. The normalized spacial score (nSPS) is 10.4. The number of anilines is 2. The van der Waals surface area contributed by atoms with Crippen molar-refractivity contribution in [1.29, 1.82) is 0 Å². The number of carbonyl (C=O) groups is 1. The van der Waals surface area contributed by atoms with Crippen LogP contribution in [0.2, 0.25) is 0 Å².